The fourth-order valence-electron chi connectivity index (χ4n) is 1.48. The Morgan fingerprint density at radius 1 is 1.32 bits per heavy atom. The summed E-state index contributed by atoms with van der Waals surface area (Å²) in [5.41, 5.74) is 0.0685. The second-order valence-electron chi connectivity index (χ2n) is 3.84. The molecule has 1 aromatic carbocycles. The van der Waals surface area contributed by atoms with Gasteiger partial charge in [0, 0.05) is 9.90 Å². The first-order valence-corrected chi connectivity index (χ1v) is 8.20. The summed E-state index contributed by atoms with van der Waals surface area (Å²) in [6.07, 6.45) is 0.780. The molecule has 0 saturated heterocycles. The van der Waals surface area contributed by atoms with Crippen molar-refractivity contribution in [1.82, 2.24) is 0 Å². The van der Waals surface area contributed by atoms with E-state index in [1.165, 1.54) is 29.5 Å². The van der Waals surface area contributed by atoms with Crippen LogP contribution in [0.5, 0.6) is 5.75 Å². The van der Waals surface area contributed by atoms with Gasteiger partial charge in [-0.15, -0.1) is 11.3 Å². The van der Waals surface area contributed by atoms with E-state index < -0.39 is 10.0 Å². The highest BCUT2D eigenvalue weighted by Crippen LogP contribution is 2.30. The van der Waals surface area contributed by atoms with Gasteiger partial charge in [0.25, 0.3) is 10.0 Å². The number of phenols is 1. The van der Waals surface area contributed by atoms with Crippen molar-refractivity contribution >= 4 is 38.6 Å². The van der Waals surface area contributed by atoms with Crippen molar-refractivity contribution in [1.29, 1.82) is 0 Å². The number of anilines is 1. The summed E-state index contributed by atoms with van der Waals surface area (Å²) in [5.74, 6) is -0.166. The zero-order chi connectivity index (χ0) is 14.0. The third-order valence-electron chi connectivity index (χ3n) is 2.45. The Hall–Kier alpha value is -1.24. The molecule has 7 heteroatoms. The van der Waals surface area contributed by atoms with E-state index in [2.05, 4.69) is 4.72 Å². The first kappa shape index (κ1) is 14.2. The summed E-state index contributed by atoms with van der Waals surface area (Å²) in [6.45, 7) is 1.96. The van der Waals surface area contributed by atoms with Crippen LogP contribution in [0.1, 0.15) is 11.8 Å². The monoisotopic (exact) mass is 317 g/mol. The number of benzene rings is 1. The molecule has 0 radical (unpaired) electrons. The average molecular weight is 318 g/mol. The molecule has 0 saturated carbocycles. The summed E-state index contributed by atoms with van der Waals surface area (Å²) >= 11 is 6.98. The van der Waals surface area contributed by atoms with Gasteiger partial charge in [-0.2, -0.15) is 0 Å². The van der Waals surface area contributed by atoms with E-state index in [4.69, 9.17) is 11.6 Å². The molecule has 102 valence electrons. The van der Waals surface area contributed by atoms with Crippen LogP contribution in [0.2, 0.25) is 5.02 Å². The minimum absolute atomic E-state index is 0.0685. The zero-order valence-corrected chi connectivity index (χ0v) is 12.4. The van der Waals surface area contributed by atoms with E-state index in [1.807, 2.05) is 6.92 Å². The third-order valence-corrected chi connectivity index (χ3v) is 5.78. The van der Waals surface area contributed by atoms with Gasteiger partial charge in [0.05, 0.1) is 5.69 Å². The van der Waals surface area contributed by atoms with Crippen LogP contribution in [0.25, 0.3) is 0 Å². The predicted octanol–water partition coefficient (Wildman–Crippen LogP) is 3.47. The van der Waals surface area contributed by atoms with Gasteiger partial charge in [-0.05, 0) is 36.8 Å². The maximum Gasteiger partial charge on any atom is 0.271 e. The molecule has 0 fully saturated rings. The first-order valence-electron chi connectivity index (χ1n) is 5.52. The van der Waals surface area contributed by atoms with E-state index in [1.54, 1.807) is 12.1 Å². The summed E-state index contributed by atoms with van der Waals surface area (Å²) in [7, 11) is -3.69. The quantitative estimate of drug-likeness (QED) is 0.848. The number of sulfonamides is 1. The van der Waals surface area contributed by atoms with Crippen LogP contribution in [-0.2, 0) is 16.4 Å². The number of thiophene rings is 1. The molecule has 0 aliphatic carbocycles. The molecule has 0 spiro atoms. The van der Waals surface area contributed by atoms with Crippen LogP contribution < -0.4 is 4.72 Å². The van der Waals surface area contributed by atoms with Crippen LogP contribution in [-0.4, -0.2) is 13.5 Å². The molecular formula is C12H12ClNO3S2. The molecule has 0 aliphatic heterocycles. The number of nitrogens with one attached hydrogen (secondary N) is 1. The molecule has 1 heterocycles. The van der Waals surface area contributed by atoms with E-state index in [0.29, 0.717) is 5.02 Å². The second-order valence-corrected chi connectivity index (χ2v) is 7.36. The number of hydrogen-bond acceptors (Lipinski definition) is 4. The lowest BCUT2D eigenvalue weighted by Crippen LogP contribution is -2.11. The number of halogens is 1. The van der Waals surface area contributed by atoms with Crippen LogP contribution in [0.3, 0.4) is 0 Å². The summed E-state index contributed by atoms with van der Waals surface area (Å²) in [4.78, 5) is 0.982. The van der Waals surface area contributed by atoms with Crippen molar-refractivity contribution < 1.29 is 13.5 Å². The van der Waals surface area contributed by atoms with Crippen molar-refractivity contribution in [2.45, 2.75) is 17.6 Å². The fraction of sp³-hybridized carbons (Fsp3) is 0.167. The molecule has 0 bridgehead atoms. The van der Waals surface area contributed by atoms with Crippen molar-refractivity contribution in [3.8, 4) is 5.75 Å². The topological polar surface area (TPSA) is 66.4 Å². The largest absolute Gasteiger partial charge is 0.506 e. The molecule has 2 aromatic rings. The van der Waals surface area contributed by atoms with Gasteiger partial charge in [-0.25, -0.2) is 8.42 Å². The molecule has 2 N–H and O–H groups in total. The Bertz CT molecular complexity index is 695. The van der Waals surface area contributed by atoms with Crippen LogP contribution in [0.15, 0.2) is 34.5 Å². The van der Waals surface area contributed by atoms with Crippen LogP contribution in [0.4, 0.5) is 5.69 Å². The number of hydrogen-bond donors (Lipinski definition) is 2. The summed E-state index contributed by atoms with van der Waals surface area (Å²) < 4.78 is 26.8. The maximum atomic E-state index is 12.1. The van der Waals surface area contributed by atoms with Crippen molar-refractivity contribution in [2.75, 3.05) is 4.72 Å². The lowest BCUT2D eigenvalue weighted by atomic mass is 10.3. The molecule has 1 aromatic heterocycles. The number of aromatic hydroxyl groups is 1. The van der Waals surface area contributed by atoms with Gasteiger partial charge in [-0.1, -0.05) is 18.5 Å². The minimum atomic E-state index is -3.69. The Labute approximate surface area is 120 Å². The van der Waals surface area contributed by atoms with Crippen molar-refractivity contribution in [2.24, 2.45) is 0 Å². The molecule has 4 nitrogen and oxygen atoms in total. The van der Waals surface area contributed by atoms with Gasteiger partial charge in [0.2, 0.25) is 0 Å². The van der Waals surface area contributed by atoms with E-state index in [0.717, 1.165) is 11.3 Å². The predicted molar refractivity (Wildman–Crippen MR) is 77.6 cm³/mol. The molecule has 0 aliphatic rings. The van der Waals surface area contributed by atoms with Gasteiger partial charge < -0.3 is 5.11 Å². The molecule has 0 unspecified atom stereocenters. The molecule has 2 rings (SSSR count). The Morgan fingerprint density at radius 2 is 2.05 bits per heavy atom. The van der Waals surface area contributed by atoms with Gasteiger partial charge in [0.15, 0.2) is 0 Å². The Kier molecular flexibility index (Phi) is 4.03. The maximum absolute atomic E-state index is 12.1. The average Bonchev–Trinajstić information content (AvgIpc) is 2.83. The van der Waals surface area contributed by atoms with E-state index >= 15 is 0 Å². The summed E-state index contributed by atoms with van der Waals surface area (Å²) in [5, 5.41) is 9.96. The van der Waals surface area contributed by atoms with Crippen LogP contribution >= 0.6 is 22.9 Å². The zero-order valence-electron chi connectivity index (χ0n) is 10.1. The van der Waals surface area contributed by atoms with Gasteiger partial charge >= 0.3 is 0 Å². The van der Waals surface area contributed by atoms with E-state index in [-0.39, 0.29) is 15.6 Å². The highest BCUT2D eigenvalue weighted by atomic mass is 35.5. The fourth-order valence-corrected chi connectivity index (χ4v) is 4.01. The van der Waals surface area contributed by atoms with Crippen LogP contribution in [0, 0.1) is 0 Å². The van der Waals surface area contributed by atoms with Gasteiger partial charge in [-0.3, -0.25) is 4.72 Å². The lowest BCUT2D eigenvalue weighted by molar-refractivity contribution is 0.477. The number of aryl methyl sites for hydroxylation is 1. The number of phenolic OH excluding ortho intramolecular Hbond substituents is 1. The molecular weight excluding hydrogens is 306 g/mol. The summed E-state index contributed by atoms with van der Waals surface area (Å²) in [6, 6.07) is 7.51. The first-order chi connectivity index (χ1) is 8.92. The highest BCUT2D eigenvalue weighted by molar-refractivity contribution is 7.94. The lowest BCUT2D eigenvalue weighted by Gasteiger charge is -2.08. The number of rotatable bonds is 4. The second kappa shape index (κ2) is 5.40. The Morgan fingerprint density at radius 3 is 2.68 bits per heavy atom. The van der Waals surface area contributed by atoms with Crippen molar-refractivity contribution in [3.63, 3.8) is 0 Å². The molecule has 0 amide bonds. The minimum Gasteiger partial charge on any atom is -0.506 e. The smallest absolute Gasteiger partial charge is 0.271 e. The van der Waals surface area contributed by atoms with E-state index in [9.17, 15) is 13.5 Å². The Balaban J connectivity index is 2.33. The van der Waals surface area contributed by atoms with Crippen molar-refractivity contribution in [3.05, 3.63) is 40.2 Å². The highest BCUT2D eigenvalue weighted by Gasteiger charge is 2.18. The molecule has 19 heavy (non-hydrogen) atoms. The van der Waals surface area contributed by atoms with Gasteiger partial charge in [0.1, 0.15) is 9.96 Å². The normalized spacial score (nSPS) is 11.5. The molecule has 0 atom stereocenters. The third kappa shape index (κ3) is 3.20. The standard InChI is InChI=1S/C12H12ClNO3S2/c1-2-9-4-6-12(18-9)19(16,17)14-10-7-8(13)3-5-11(10)15/h3-7,14-15H,2H2,1H3. The SMILES string of the molecule is CCc1ccc(S(=O)(=O)Nc2cc(Cl)ccc2O)s1.